The monoisotopic (exact) mass is 150 g/mol. The average molecular weight is 150 g/mol. The van der Waals surface area contributed by atoms with E-state index < -0.39 is 18.8 Å². The lowest BCUT2D eigenvalue weighted by molar-refractivity contribution is -0.110. The second-order valence-electron chi connectivity index (χ2n) is 2.49. The van der Waals surface area contributed by atoms with Crippen molar-refractivity contribution in [1.82, 2.24) is 0 Å². The number of rotatable bonds is 5. The molecule has 0 spiro atoms. The van der Waals surface area contributed by atoms with Gasteiger partial charge in [-0.1, -0.05) is 6.92 Å². The normalized spacial score (nSPS) is 11.5. The first kappa shape index (κ1) is 9.53. The first-order chi connectivity index (χ1) is 4.74. The molecule has 10 heavy (non-hydrogen) atoms. The summed E-state index contributed by atoms with van der Waals surface area (Å²) in [5.41, 5.74) is -1.03. The number of carbonyl (C=O) groups excluding carboxylic acids is 1. The average Bonchev–Trinajstić information content (AvgIpc) is 2.01. The second kappa shape index (κ2) is 4.36. The van der Waals surface area contributed by atoms with Gasteiger partial charge in [-0.25, -0.2) is 0 Å². The van der Waals surface area contributed by atoms with E-state index in [9.17, 15) is 13.6 Å². The Morgan fingerprint density at radius 3 is 2.00 bits per heavy atom. The van der Waals surface area contributed by atoms with Crippen molar-refractivity contribution < 1.29 is 13.6 Å². The molecule has 0 aromatic rings. The third kappa shape index (κ3) is 2.05. The number of halogens is 2. The molecule has 0 bridgehead atoms. The van der Waals surface area contributed by atoms with Gasteiger partial charge in [0.25, 0.3) is 0 Å². The van der Waals surface area contributed by atoms with Crippen molar-refractivity contribution in [3.63, 3.8) is 0 Å². The van der Waals surface area contributed by atoms with Crippen molar-refractivity contribution in [2.75, 3.05) is 13.3 Å². The SMILES string of the molecule is CCC(CF)(CF)CC=O. The fourth-order valence-corrected chi connectivity index (χ4v) is 0.655. The summed E-state index contributed by atoms with van der Waals surface area (Å²) in [5, 5.41) is 0. The molecular formula is C7H12F2O. The van der Waals surface area contributed by atoms with Crippen molar-refractivity contribution in [3.05, 3.63) is 0 Å². The lowest BCUT2D eigenvalue weighted by Crippen LogP contribution is -2.25. The van der Waals surface area contributed by atoms with Crippen LogP contribution in [-0.4, -0.2) is 19.6 Å². The molecule has 0 saturated heterocycles. The van der Waals surface area contributed by atoms with E-state index in [0.717, 1.165) is 0 Å². The lowest BCUT2D eigenvalue weighted by atomic mass is 9.85. The Kier molecular flexibility index (Phi) is 4.16. The fourth-order valence-electron chi connectivity index (χ4n) is 0.655. The summed E-state index contributed by atoms with van der Waals surface area (Å²) in [5.74, 6) is 0. The molecule has 0 unspecified atom stereocenters. The summed E-state index contributed by atoms with van der Waals surface area (Å²) < 4.78 is 24.2. The van der Waals surface area contributed by atoms with Gasteiger partial charge in [-0.05, 0) is 6.42 Å². The van der Waals surface area contributed by atoms with E-state index in [1.807, 2.05) is 0 Å². The summed E-state index contributed by atoms with van der Waals surface area (Å²) in [6, 6.07) is 0. The highest BCUT2D eigenvalue weighted by Crippen LogP contribution is 2.26. The van der Waals surface area contributed by atoms with E-state index in [-0.39, 0.29) is 6.42 Å². The quantitative estimate of drug-likeness (QED) is 0.547. The van der Waals surface area contributed by atoms with Gasteiger partial charge in [0.2, 0.25) is 0 Å². The maximum atomic E-state index is 12.1. The summed E-state index contributed by atoms with van der Waals surface area (Å²) in [7, 11) is 0. The minimum atomic E-state index is -1.03. The molecule has 0 atom stereocenters. The van der Waals surface area contributed by atoms with E-state index in [1.165, 1.54) is 0 Å². The van der Waals surface area contributed by atoms with Crippen LogP contribution in [0.25, 0.3) is 0 Å². The van der Waals surface area contributed by atoms with Crippen LogP contribution < -0.4 is 0 Å². The molecule has 0 aromatic carbocycles. The zero-order chi connectivity index (χ0) is 8.04. The number of alkyl halides is 2. The van der Waals surface area contributed by atoms with Gasteiger partial charge in [0.05, 0.1) is 13.3 Å². The first-order valence-corrected chi connectivity index (χ1v) is 3.30. The van der Waals surface area contributed by atoms with Gasteiger partial charge in [-0.3, -0.25) is 8.78 Å². The largest absolute Gasteiger partial charge is 0.303 e. The van der Waals surface area contributed by atoms with Crippen LogP contribution in [0.15, 0.2) is 0 Å². The number of hydrogen-bond donors (Lipinski definition) is 0. The van der Waals surface area contributed by atoms with Gasteiger partial charge in [-0.2, -0.15) is 0 Å². The second-order valence-corrected chi connectivity index (χ2v) is 2.49. The predicted molar refractivity (Wildman–Crippen MR) is 35.4 cm³/mol. The first-order valence-electron chi connectivity index (χ1n) is 3.30. The van der Waals surface area contributed by atoms with Crippen molar-refractivity contribution in [2.45, 2.75) is 19.8 Å². The minimum Gasteiger partial charge on any atom is -0.303 e. The molecule has 0 aliphatic rings. The third-order valence-corrected chi connectivity index (χ3v) is 1.83. The molecule has 3 heteroatoms. The molecule has 0 fully saturated rings. The summed E-state index contributed by atoms with van der Waals surface area (Å²) >= 11 is 0. The number of carbonyl (C=O) groups is 1. The van der Waals surface area contributed by atoms with Crippen LogP contribution in [0.4, 0.5) is 8.78 Å². The molecule has 0 aliphatic heterocycles. The Morgan fingerprint density at radius 2 is 1.90 bits per heavy atom. The Balaban J connectivity index is 4.00. The smallest absolute Gasteiger partial charge is 0.120 e. The highest BCUT2D eigenvalue weighted by atomic mass is 19.1. The molecule has 0 N–H and O–H groups in total. The van der Waals surface area contributed by atoms with Crippen LogP contribution in [0.3, 0.4) is 0 Å². The standard InChI is InChI=1S/C7H12F2O/c1-2-7(5-8,6-9)3-4-10/h4H,2-3,5-6H2,1H3. The summed E-state index contributed by atoms with van der Waals surface area (Å²) in [4.78, 5) is 9.96. The molecule has 0 saturated carbocycles. The molecule has 0 heterocycles. The van der Waals surface area contributed by atoms with E-state index in [1.54, 1.807) is 6.92 Å². The van der Waals surface area contributed by atoms with E-state index in [0.29, 0.717) is 12.7 Å². The van der Waals surface area contributed by atoms with Crippen molar-refractivity contribution >= 4 is 6.29 Å². The van der Waals surface area contributed by atoms with Crippen molar-refractivity contribution in [1.29, 1.82) is 0 Å². The Morgan fingerprint density at radius 1 is 1.40 bits per heavy atom. The summed E-state index contributed by atoms with van der Waals surface area (Å²) in [6.07, 6.45) is 0.928. The van der Waals surface area contributed by atoms with Crippen LogP contribution in [-0.2, 0) is 4.79 Å². The van der Waals surface area contributed by atoms with Crippen LogP contribution in [0.1, 0.15) is 19.8 Å². The third-order valence-electron chi connectivity index (χ3n) is 1.83. The summed E-state index contributed by atoms with van der Waals surface area (Å²) in [6.45, 7) is 0.181. The van der Waals surface area contributed by atoms with Crippen molar-refractivity contribution in [3.8, 4) is 0 Å². The highest BCUT2D eigenvalue weighted by Gasteiger charge is 2.27. The Labute approximate surface area is 59.4 Å². The van der Waals surface area contributed by atoms with Gasteiger partial charge < -0.3 is 4.79 Å². The number of aldehydes is 1. The van der Waals surface area contributed by atoms with Gasteiger partial charge in [0.15, 0.2) is 0 Å². The topological polar surface area (TPSA) is 17.1 Å². The maximum absolute atomic E-state index is 12.1. The Hall–Kier alpha value is -0.470. The van der Waals surface area contributed by atoms with Gasteiger partial charge in [0.1, 0.15) is 6.29 Å². The molecule has 0 aromatic heterocycles. The molecule has 0 amide bonds. The minimum absolute atomic E-state index is 0.0174. The Bertz CT molecular complexity index is 91.5. The van der Waals surface area contributed by atoms with E-state index in [2.05, 4.69) is 0 Å². The zero-order valence-electron chi connectivity index (χ0n) is 6.07. The van der Waals surface area contributed by atoms with Crippen LogP contribution in [0, 0.1) is 5.41 Å². The van der Waals surface area contributed by atoms with E-state index >= 15 is 0 Å². The lowest BCUT2D eigenvalue weighted by Gasteiger charge is -2.22. The molecule has 1 nitrogen and oxygen atoms in total. The molecule has 0 aliphatic carbocycles. The fraction of sp³-hybridized carbons (Fsp3) is 0.857. The van der Waals surface area contributed by atoms with Gasteiger partial charge >= 0.3 is 0 Å². The highest BCUT2D eigenvalue weighted by molar-refractivity contribution is 5.50. The van der Waals surface area contributed by atoms with Crippen molar-refractivity contribution in [2.24, 2.45) is 5.41 Å². The number of hydrogen-bond acceptors (Lipinski definition) is 1. The molecular weight excluding hydrogens is 138 g/mol. The van der Waals surface area contributed by atoms with Crippen LogP contribution >= 0.6 is 0 Å². The zero-order valence-corrected chi connectivity index (χ0v) is 6.07. The molecule has 60 valence electrons. The van der Waals surface area contributed by atoms with E-state index in [4.69, 9.17) is 0 Å². The predicted octanol–water partition coefficient (Wildman–Crippen LogP) is 1.91. The van der Waals surface area contributed by atoms with Gasteiger partial charge in [0, 0.05) is 11.8 Å². The van der Waals surface area contributed by atoms with Gasteiger partial charge in [-0.15, -0.1) is 0 Å². The van der Waals surface area contributed by atoms with Crippen LogP contribution in [0.2, 0.25) is 0 Å². The maximum Gasteiger partial charge on any atom is 0.120 e. The van der Waals surface area contributed by atoms with Crippen LogP contribution in [0.5, 0.6) is 0 Å². The molecule has 0 rings (SSSR count). The molecule has 0 radical (unpaired) electrons.